The van der Waals surface area contributed by atoms with Gasteiger partial charge >= 0.3 is 0 Å². The Morgan fingerprint density at radius 2 is 1.96 bits per heavy atom. The molecule has 0 saturated carbocycles. The smallest absolute Gasteiger partial charge is 0.228 e. The molecule has 2 aliphatic heterocycles. The van der Waals surface area contributed by atoms with Gasteiger partial charge < -0.3 is 9.47 Å². The molecule has 1 atom stereocenters. The molecular weight excluding hydrogens is 298 g/mol. The first kappa shape index (κ1) is 13.5. The molecule has 24 heavy (non-hydrogen) atoms. The van der Waals surface area contributed by atoms with Gasteiger partial charge in [-0.25, -0.2) is 4.99 Å². The number of carbonyl (C=O) groups is 1. The Morgan fingerprint density at radius 1 is 1.12 bits per heavy atom. The third kappa shape index (κ3) is 1.68. The highest BCUT2D eigenvalue weighted by atomic mass is 16.2. The lowest BCUT2D eigenvalue weighted by atomic mass is 10.0. The molecule has 1 saturated heterocycles. The fraction of sp³-hybridized carbons (Fsp3) is 0.200. The highest BCUT2D eigenvalue weighted by Gasteiger charge is 2.39. The number of benzene rings is 2. The number of aliphatic imine (C=N–C) groups is 1. The van der Waals surface area contributed by atoms with E-state index in [4.69, 9.17) is 4.99 Å². The zero-order valence-electron chi connectivity index (χ0n) is 13.7. The van der Waals surface area contributed by atoms with Crippen molar-refractivity contribution in [1.82, 2.24) is 9.47 Å². The van der Waals surface area contributed by atoms with Crippen molar-refractivity contribution in [3.8, 4) is 5.69 Å². The number of nitrogens with zero attached hydrogens (tertiary/aromatic N) is 3. The van der Waals surface area contributed by atoms with Crippen LogP contribution in [-0.2, 0) is 4.79 Å². The lowest BCUT2D eigenvalue weighted by Crippen LogP contribution is -2.25. The standard InChI is InChI=1S/C20H17N3O/c1-12-7-8-13-10-18-14-11-19(24)22(2)20(14)21-15-5-3-4-6-16(15)23(18)17(13)9-12/h3-10,14H,11H2,1-2H3. The molecule has 2 aromatic carbocycles. The molecule has 3 heterocycles. The monoisotopic (exact) mass is 315 g/mol. The number of amidine groups is 1. The number of aromatic nitrogens is 1. The summed E-state index contributed by atoms with van der Waals surface area (Å²) in [7, 11) is 1.83. The maximum Gasteiger partial charge on any atom is 0.228 e. The van der Waals surface area contributed by atoms with Gasteiger partial charge in [0.25, 0.3) is 0 Å². The molecule has 0 bridgehead atoms. The maximum atomic E-state index is 12.3. The maximum absolute atomic E-state index is 12.3. The Hall–Kier alpha value is -2.88. The summed E-state index contributed by atoms with van der Waals surface area (Å²) in [4.78, 5) is 18.8. The summed E-state index contributed by atoms with van der Waals surface area (Å²) in [6.07, 6.45) is 0.485. The Bertz CT molecular complexity index is 1040. The molecule has 1 fully saturated rings. The summed E-state index contributed by atoms with van der Waals surface area (Å²) >= 11 is 0. The molecule has 0 aliphatic carbocycles. The van der Waals surface area contributed by atoms with Crippen molar-refractivity contribution in [1.29, 1.82) is 0 Å². The lowest BCUT2D eigenvalue weighted by molar-refractivity contribution is -0.124. The predicted octanol–water partition coefficient (Wildman–Crippen LogP) is 3.93. The van der Waals surface area contributed by atoms with Crippen LogP contribution in [-0.4, -0.2) is 28.3 Å². The summed E-state index contributed by atoms with van der Waals surface area (Å²) in [6.45, 7) is 2.11. The van der Waals surface area contributed by atoms with Crippen LogP contribution in [0.25, 0.3) is 16.6 Å². The number of carbonyl (C=O) groups excluding carboxylic acids is 1. The number of rotatable bonds is 0. The van der Waals surface area contributed by atoms with E-state index in [1.54, 1.807) is 4.90 Å². The number of likely N-dealkylation sites (tertiary alicyclic amines) is 1. The van der Waals surface area contributed by atoms with Crippen molar-refractivity contribution >= 4 is 28.3 Å². The number of aryl methyl sites for hydroxylation is 1. The summed E-state index contributed by atoms with van der Waals surface area (Å²) in [6, 6.07) is 16.9. The van der Waals surface area contributed by atoms with Crippen molar-refractivity contribution in [3.63, 3.8) is 0 Å². The molecule has 0 spiro atoms. The minimum Gasteiger partial charge on any atom is -0.311 e. The van der Waals surface area contributed by atoms with E-state index >= 15 is 0 Å². The van der Waals surface area contributed by atoms with Crippen LogP contribution in [0.15, 0.2) is 53.5 Å². The van der Waals surface area contributed by atoms with Crippen LogP contribution < -0.4 is 0 Å². The quantitative estimate of drug-likeness (QED) is 0.619. The molecule has 2 aliphatic rings. The minimum absolute atomic E-state index is 0.0163. The molecular formula is C20H17N3O. The normalized spacial score (nSPS) is 18.9. The van der Waals surface area contributed by atoms with E-state index in [2.05, 4.69) is 41.8 Å². The first-order chi connectivity index (χ1) is 11.6. The van der Waals surface area contributed by atoms with Gasteiger partial charge in [-0.05, 0) is 36.8 Å². The van der Waals surface area contributed by atoms with Gasteiger partial charge in [-0.15, -0.1) is 0 Å². The Kier molecular flexibility index (Phi) is 2.58. The fourth-order valence-corrected chi connectivity index (χ4v) is 3.88. The largest absolute Gasteiger partial charge is 0.311 e. The predicted molar refractivity (Wildman–Crippen MR) is 95.2 cm³/mol. The van der Waals surface area contributed by atoms with Crippen LogP contribution in [0, 0.1) is 6.92 Å². The molecule has 1 amide bonds. The van der Waals surface area contributed by atoms with E-state index in [1.165, 1.54) is 16.5 Å². The van der Waals surface area contributed by atoms with Gasteiger partial charge in [-0.3, -0.25) is 4.79 Å². The van der Waals surface area contributed by atoms with Crippen LogP contribution >= 0.6 is 0 Å². The molecule has 0 N–H and O–H groups in total. The van der Waals surface area contributed by atoms with Gasteiger partial charge in [0.2, 0.25) is 5.91 Å². The van der Waals surface area contributed by atoms with Crippen LogP contribution in [0.5, 0.6) is 0 Å². The molecule has 1 unspecified atom stereocenters. The average molecular weight is 315 g/mol. The molecule has 4 heteroatoms. The van der Waals surface area contributed by atoms with E-state index in [9.17, 15) is 4.79 Å². The second-order valence-electron chi connectivity index (χ2n) is 6.64. The van der Waals surface area contributed by atoms with E-state index in [1.807, 2.05) is 25.2 Å². The SMILES string of the molecule is Cc1ccc2cc3n(c2c1)-c1ccccc1N=C1C3CC(=O)N1C. The Labute approximate surface area is 140 Å². The molecule has 1 aromatic heterocycles. The molecule has 3 aromatic rings. The highest BCUT2D eigenvalue weighted by molar-refractivity contribution is 6.10. The first-order valence-corrected chi connectivity index (χ1v) is 8.20. The van der Waals surface area contributed by atoms with Crippen molar-refractivity contribution in [2.24, 2.45) is 4.99 Å². The lowest BCUT2D eigenvalue weighted by Gasteiger charge is -2.13. The second kappa shape index (κ2) is 4.57. The molecule has 118 valence electrons. The number of hydrogen-bond acceptors (Lipinski definition) is 2. The molecule has 0 radical (unpaired) electrons. The van der Waals surface area contributed by atoms with Gasteiger partial charge in [-0.2, -0.15) is 0 Å². The zero-order chi connectivity index (χ0) is 16.4. The number of fused-ring (bicyclic) bond motifs is 7. The summed E-state index contributed by atoms with van der Waals surface area (Å²) < 4.78 is 2.28. The average Bonchev–Trinajstić information content (AvgIpc) is 3.03. The number of amides is 1. The van der Waals surface area contributed by atoms with E-state index in [-0.39, 0.29) is 11.8 Å². The van der Waals surface area contributed by atoms with Crippen molar-refractivity contribution in [3.05, 3.63) is 59.8 Å². The van der Waals surface area contributed by atoms with Gasteiger partial charge in [0, 0.05) is 24.5 Å². The van der Waals surface area contributed by atoms with Gasteiger partial charge in [0.05, 0.1) is 22.8 Å². The van der Waals surface area contributed by atoms with E-state index < -0.39 is 0 Å². The van der Waals surface area contributed by atoms with Crippen molar-refractivity contribution in [2.45, 2.75) is 19.3 Å². The third-order valence-electron chi connectivity index (χ3n) is 5.11. The van der Waals surface area contributed by atoms with Crippen LogP contribution in [0.4, 0.5) is 5.69 Å². The van der Waals surface area contributed by atoms with Crippen LogP contribution in [0.3, 0.4) is 0 Å². The second-order valence-corrected chi connectivity index (χ2v) is 6.64. The van der Waals surface area contributed by atoms with Gasteiger partial charge in [0.15, 0.2) is 0 Å². The number of para-hydroxylation sites is 2. The number of hydrogen-bond donors (Lipinski definition) is 0. The summed E-state index contributed by atoms with van der Waals surface area (Å²) in [5.41, 5.74) is 5.55. The Morgan fingerprint density at radius 3 is 2.83 bits per heavy atom. The minimum atomic E-state index is 0.0163. The number of likely N-dealkylation sites (N-methyl/N-ethyl adjacent to an activating group) is 1. The topological polar surface area (TPSA) is 37.6 Å². The van der Waals surface area contributed by atoms with Crippen LogP contribution in [0.1, 0.15) is 23.6 Å². The molecule has 4 nitrogen and oxygen atoms in total. The molecule has 5 rings (SSSR count). The van der Waals surface area contributed by atoms with Crippen LogP contribution in [0.2, 0.25) is 0 Å². The first-order valence-electron chi connectivity index (χ1n) is 8.20. The van der Waals surface area contributed by atoms with E-state index in [0.29, 0.717) is 6.42 Å². The Balaban J connectivity index is 1.92. The fourth-order valence-electron chi connectivity index (χ4n) is 3.88. The highest BCUT2D eigenvalue weighted by Crippen LogP contribution is 2.41. The van der Waals surface area contributed by atoms with E-state index in [0.717, 1.165) is 22.9 Å². The zero-order valence-corrected chi connectivity index (χ0v) is 13.7. The van der Waals surface area contributed by atoms with Gasteiger partial charge in [0.1, 0.15) is 5.84 Å². The summed E-state index contributed by atoms with van der Waals surface area (Å²) in [5, 5.41) is 1.20. The van der Waals surface area contributed by atoms with Crippen molar-refractivity contribution in [2.75, 3.05) is 7.05 Å². The van der Waals surface area contributed by atoms with Gasteiger partial charge in [-0.1, -0.05) is 24.3 Å². The third-order valence-corrected chi connectivity index (χ3v) is 5.11. The summed E-state index contributed by atoms with van der Waals surface area (Å²) in [5.74, 6) is 0.999. The van der Waals surface area contributed by atoms with Crippen molar-refractivity contribution < 1.29 is 4.79 Å².